The van der Waals surface area contributed by atoms with Crippen LogP contribution in [-0.2, 0) is 31.9 Å². The van der Waals surface area contributed by atoms with Crippen molar-refractivity contribution in [2.24, 2.45) is 11.3 Å². The fourth-order valence-corrected chi connectivity index (χ4v) is 8.52. The van der Waals surface area contributed by atoms with Gasteiger partial charge in [-0.25, -0.2) is 4.98 Å². The smallest absolute Gasteiger partial charge is 0.139 e. The largest absolute Gasteiger partial charge is 0.499 e. The van der Waals surface area contributed by atoms with E-state index in [1.54, 1.807) is 0 Å². The number of benzene rings is 3. The van der Waals surface area contributed by atoms with Crippen LogP contribution in [0.25, 0.3) is 44.6 Å². The monoisotopic (exact) mass is 922 g/mol. The van der Waals surface area contributed by atoms with Gasteiger partial charge in [-0.15, -0.1) is 59.7 Å². The first-order valence-electron chi connectivity index (χ1n) is 19.3. The molecule has 0 bridgehead atoms. The fourth-order valence-electron chi connectivity index (χ4n) is 6.93. The van der Waals surface area contributed by atoms with Crippen LogP contribution in [0, 0.1) is 23.5 Å². The van der Waals surface area contributed by atoms with Crippen molar-refractivity contribution in [3.8, 4) is 22.5 Å². The van der Waals surface area contributed by atoms with Gasteiger partial charge < -0.3 is 14.4 Å². The van der Waals surface area contributed by atoms with Crippen molar-refractivity contribution in [3.05, 3.63) is 144 Å². The van der Waals surface area contributed by atoms with E-state index in [0.717, 1.165) is 56.7 Å². The first-order chi connectivity index (χ1) is 25.5. The van der Waals surface area contributed by atoms with E-state index in [1.807, 2.05) is 42.6 Å². The minimum atomic E-state index is -1.34. The molecule has 3 aromatic carbocycles. The number of hydrogen-bond donors (Lipinski definition) is 0. The summed E-state index contributed by atoms with van der Waals surface area (Å²) in [4.78, 5) is 14.4. The number of aromatic nitrogens is 3. The Balaban J connectivity index is 0.000000237. The van der Waals surface area contributed by atoms with Crippen molar-refractivity contribution in [2.45, 2.75) is 92.8 Å². The first kappa shape index (κ1) is 41.9. The second-order valence-electron chi connectivity index (χ2n) is 17.7. The molecule has 0 saturated carbocycles. The maximum Gasteiger partial charge on any atom is 0.139 e. The summed E-state index contributed by atoms with van der Waals surface area (Å²) in [5.41, 5.74) is 11.4. The molecule has 0 aliphatic rings. The zero-order valence-corrected chi connectivity index (χ0v) is 37.7. The van der Waals surface area contributed by atoms with E-state index in [0.29, 0.717) is 11.8 Å². The third-order valence-corrected chi connectivity index (χ3v) is 12.7. The Bertz CT molecular complexity index is 2350. The summed E-state index contributed by atoms with van der Waals surface area (Å²) in [7, 11) is -1.34. The zero-order chi connectivity index (χ0) is 38.8. The van der Waals surface area contributed by atoms with Crippen molar-refractivity contribution in [3.63, 3.8) is 0 Å². The summed E-state index contributed by atoms with van der Waals surface area (Å²) in [5, 5.41) is 2.48. The summed E-state index contributed by atoms with van der Waals surface area (Å²) in [6, 6.07) is 39.9. The zero-order valence-electron chi connectivity index (χ0n) is 34.3. The Labute approximate surface area is 343 Å². The van der Waals surface area contributed by atoms with Crippen molar-refractivity contribution >= 4 is 35.3 Å². The molecule has 1 radical (unpaired) electrons. The van der Waals surface area contributed by atoms with Gasteiger partial charge in [0.15, 0.2) is 0 Å². The van der Waals surface area contributed by atoms with Gasteiger partial charge in [-0.3, -0.25) is 0 Å². The Morgan fingerprint density at radius 1 is 0.745 bits per heavy atom. The maximum absolute atomic E-state index is 6.11. The molecule has 0 N–H and O–H groups in total. The van der Waals surface area contributed by atoms with E-state index in [9.17, 15) is 0 Å². The van der Waals surface area contributed by atoms with Crippen molar-refractivity contribution in [1.29, 1.82) is 0 Å². The van der Waals surface area contributed by atoms with Crippen LogP contribution in [0.1, 0.15) is 83.7 Å². The predicted molar refractivity (Wildman–Crippen MR) is 230 cm³/mol. The third-order valence-electron chi connectivity index (χ3n) is 10.7. The topological polar surface area (TPSA) is 51.8 Å². The Kier molecular flexibility index (Phi) is 12.9. The number of pyridine rings is 3. The Hall–Kier alpha value is -4.22. The fraction of sp³-hybridized carbons (Fsp3) is 0.327. The summed E-state index contributed by atoms with van der Waals surface area (Å²) in [6.45, 7) is 25.2. The molecule has 6 heteroatoms. The quantitative estimate of drug-likeness (QED) is 0.113. The summed E-state index contributed by atoms with van der Waals surface area (Å²) in [6.07, 6.45) is 5.14. The molecule has 55 heavy (non-hydrogen) atoms. The molecule has 0 spiro atoms. The average Bonchev–Trinajstić information content (AvgIpc) is 3.52. The average molecular weight is 922 g/mol. The van der Waals surface area contributed by atoms with E-state index in [4.69, 9.17) is 9.40 Å². The molecule has 0 saturated heterocycles. The van der Waals surface area contributed by atoms with Crippen molar-refractivity contribution < 1.29 is 24.5 Å². The van der Waals surface area contributed by atoms with Crippen LogP contribution in [0.5, 0.6) is 0 Å². The maximum atomic E-state index is 6.11. The minimum Gasteiger partial charge on any atom is -0.499 e. The van der Waals surface area contributed by atoms with Crippen LogP contribution in [0.2, 0.25) is 19.6 Å². The molecule has 1 atom stereocenters. The summed E-state index contributed by atoms with van der Waals surface area (Å²) >= 11 is 0. The van der Waals surface area contributed by atoms with Crippen LogP contribution in [0.15, 0.2) is 114 Å². The van der Waals surface area contributed by atoms with E-state index in [1.165, 1.54) is 21.9 Å². The summed E-state index contributed by atoms with van der Waals surface area (Å²) in [5.74, 6) is 1.08. The molecule has 0 fully saturated rings. The van der Waals surface area contributed by atoms with Crippen LogP contribution >= 0.6 is 0 Å². The molecule has 7 rings (SSSR count). The normalized spacial score (nSPS) is 12.7. The van der Waals surface area contributed by atoms with Gasteiger partial charge in [0.1, 0.15) is 5.58 Å². The predicted octanol–water partition coefficient (Wildman–Crippen LogP) is 12.6. The van der Waals surface area contributed by atoms with Crippen molar-refractivity contribution in [2.75, 3.05) is 0 Å². The molecule has 0 amide bonds. The number of furan rings is 1. The molecule has 0 aliphatic heterocycles. The van der Waals surface area contributed by atoms with E-state index >= 15 is 0 Å². The molecule has 7 aromatic rings. The van der Waals surface area contributed by atoms with Crippen LogP contribution in [0.4, 0.5) is 0 Å². The number of hydrogen-bond acceptors (Lipinski definition) is 4. The molecular formula is C49H55IrN3OSi-2. The van der Waals surface area contributed by atoms with Crippen LogP contribution in [0.3, 0.4) is 0 Å². The molecule has 0 aliphatic carbocycles. The number of rotatable bonds is 8. The van der Waals surface area contributed by atoms with Gasteiger partial charge in [0.05, 0.1) is 24.9 Å². The molecule has 1 unspecified atom stereocenters. The van der Waals surface area contributed by atoms with Crippen molar-refractivity contribution in [1.82, 2.24) is 15.0 Å². The van der Waals surface area contributed by atoms with Gasteiger partial charge in [-0.2, -0.15) is 0 Å². The molecule has 4 nitrogen and oxygen atoms in total. The second-order valence-corrected chi connectivity index (χ2v) is 22.7. The molecule has 4 heterocycles. The van der Waals surface area contributed by atoms with Gasteiger partial charge in [0.25, 0.3) is 0 Å². The summed E-state index contributed by atoms with van der Waals surface area (Å²) < 4.78 is 6.11. The number of fused-ring (bicyclic) bond motifs is 3. The molecular weight excluding hydrogens is 867 g/mol. The third kappa shape index (κ3) is 9.60. The SMILES string of the molecule is CC(C)Cc1cc(-c2[c-]cccc2)ncc1[Si](C)(C)C.CC(c1ccnc(-c2[c-]cc3oc4ccc(C(C)(C)c5ccccc5)nc4c3c2)c1)C(C)(C)C.[Ir]. The van der Waals surface area contributed by atoms with Gasteiger partial charge >= 0.3 is 0 Å². The Morgan fingerprint density at radius 2 is 1.45 bits per heavy atom. The first-order valence-corrected chi connectivity index (χ1v) is 22.8. The van der Waals surface area contributed by atoms with E-state index in [2.05, 4.69) is 164 Å². The number of nitrogens with zero attached hydrogens (tertiary/aromatic N) is 3. The van der Waals surface area contributed by atoms with Gasteiger partial charge in [-0.05, 0) is 69.4 Å². The van der Waals surface area contributed by atoms with E-state index < -0.39 is 8.07 Å². The van der Waals surface area contributed by atoms with Crippen LogP contribution in [-0.4, -0.2) is 23.0 Å². The second kappa shape index (κ2) is 16.9. The minimum absolute atomic E-state index is 0. The van der Waals surface area contributed by atoms with Crippen LogP contribution < -0.4 is 5.19 Å². The van der Waals surface area contributed by atoms with Gasteiger partial charge in [0.2, 0.25) is 0 Å². The molecule has 287 valence electrons. The van der Waals surface area contributed by atoms with Gasteiger partial charge in [0, 0.05) is 37.9 Å². The standard InChI is InChI=1S/C31H31N2O.C18H24NSi.Ir/c1-20(30(2,3)4)21-16-17-32-25(19-21)22-12-13-26-24(18-22)29-27(34-26)14-15-28(33-29)31(5,6)23-10-8-7-9-11-23;1-14(2)11-16-12-17(15-9-7-6-8-10-15)19-13-18(16)20(3,4)5;/h7-11,13-20H,1-6H3;6-9,12-14H,11H2,1-5H3;/q2*-1;. The molecule has 4 aromatic heterocycles. The van der Waals surface area contributed by atoms with E-state index in [-0.39, 0.29) is 30.9 Å². The Morgan fingerprint density at radius 3 is 2.11 bits per heavy atom. The van der Waals surface area contributed by atoms with Gasteiger partial charge in [-0.1, -0.05) is 129 Å².